The Labute approximate surface area is 101 Å². The number of rotatable bonds is 1. The molecule has 1 N–H and O–H groups in total. The van der Waals surface area contributed by atoms with Gasteiger partial charge in [-0.25, -0.2) is 4.39 Å². The molecule has 90 valence electrons. The number of hydrogen-bond acceptors (Lipinski definition) is 1. The maximum absolute atomic E-state index is 13.2. The number of hydrogen-bond donors (Lipinski definition) is 1. The predicted octanol–water partition coefficient (Wildman–Crippen LogP) is 3.46. The van der Waals surface area contributed by atoms with Gasteiger partial charge in [0.05, 0.1) is 0 Å². The van der Waals surface area contributed by atoms with Crippen molar-refractivity contribution in [1.29, 1.82) is 0 Å². The third kappa shape index (κ3) is 1.71. The first-order valence-electron chi connectivity index (χ1n) is 6.41. The van der Waals surface area contributed by atoms with Crippen LogP contribution >= 0.6 is 0 Å². The van der Waals surface area contributed by atoms with E-state index in [1.54, 1.807) is 12.1 Å². The molecule has 0 aromatic heterocycles. The predicted molar refractivity (Wildman–Crippen MR) is 65.2 cm³/mol. The standard InChI is InChI=1S/C15H17FO/c16-13-6-7-14-11(10-13)8-9-15(14,17)12-4-2-1-3-5-12/h4,6-7,10,17H,1-3,5,8-9H2. The quantitative estimate of drug-likeness (QED) is 0.735. The molecule has 0 radical (unpaired) electrons. The van der Waals surface area contributed by atoms with Crippen molar-refractivity contribution in [1.82, 2.24) is 0 Å². The molecule has 1 aromatic rings. The van der Waals surface area contributed by atoms with E-state index in [-0.39, 0.29) is 5.82 Å². The van der Waals surface area contributed by atoms with Gasteiger partial charge in [0.25, 0.3) is 0 Å². The molecule has 1 atom stereocenters. The summed E-state index contributed by atoms with van der Waals surface area (Å²) in [6.07, 6.45) is 8.09. The molecule has 1 unspecified atom stereocenters. The number of aryl methyl sites for hydroxylation is 1. The molecule has 0 fully saturated rings. The average molecular weight is 232 g/mol. The molecule has 0 saturated heterocycles. The van der Waals surface area contributed by atoms with Crippen molar-refractivity contribution in [3.63, 3.8) is 0 Å². The van der Waals surface area contributed by atoms with Gasteiger partial charge in [0.15, 0.2) is 0 Å². The van der Waals surface area contributed by atoms with Gasteiger partial charge in [0.1, 0.15) is 11.4 Å². The summed E-state index contributed by atoms with van der Waals surface area (Å²) in [6.45, 7) is 0. The fourth-order valence-electron chi connectivity index (χ4n) is 3.17. The Kier molecular flexibility index (Phi) is 2.55. The molecular formula is C15H17FO. The molecule has 2 aliphatic carbocycles. The van der Waals surface area contributed by atoms with Crippen LogP contribution in [0.1, 0.15) is 43.2 Å². The Morgan fingerprint density at radius 3 is 2.82 bits per heavy atom. The summed E-state index contributed by atoms with van der Waals surface area (Å²) in [4.78, 5) is 0. The molecule has 1 aromatic carbocycles. The van der Waals surface area contributed by atoms with E-state index in [0.29, 0.717) is 6.42 Å². The maximum Gasteiger partial charge on any atom is 0.123 e. The first-order valence-corrected chi connectivity index (χ1v) is 6.41. The van der Waals surface area contributed by atoms with Crippen LogP contribution in [0.25, 0.3) is 0 Å². The highest BCUT2D eigenvalue weighted by Gasteiger charge is 2.39. The minimum absolute atomic E-state index is 0.203. The third-order valence-electron chi connectivity index (χ3n) is 4.09. The van der Waals surface area contributed by atoms with Crippen molar-refractivity contribution in [2.45, 2.75) is 44.1 Å². The second-order valence-electron chi connectivity index (χ2n) is 5.14. The minimum Gasteiger partial charge on any atom is -0.381 e. The van der Waals surface area contributed by atoms with E-state index in [1.807, 2.05) is 0 Å². The third-order valence-corrected chi connectivity index (χ3v) is 4.09. The molecule has 0 amide bonds. The van der Waals surface area contributed by atoms with Gasteiger partial charge < -0.3 is 5.11 Å². The highest BCUT2D eigenvalue weighted by Crippen LogP contribution is 2.45. The van der Waals surface area contributed by atoms with E-state index in [2.05, 4.69) is 6.08 Å². The van der Waals surface area contributed by atoms with Gasteiger partial charge in [-0.2, -0.15) is 0 Å². The first-order chi connectivity index (χ1) is 8.20. The summed E-state index contributed by atoms with van der Waals surface area (Å²) in [5, 5.41) is 10.9. The molecule has 2 heteroatoms. The van der Waals surface area contributed by atoms with Crippen LogP contribution in [0.2, 0.25) is 0 Å². The molecular weight excluding hydrogens is 215 g/mol. The van der Waals surface area contributed by atoms with Crippen LogP contribution in [0, 0.1) is 5.82 Å². The Bertz CT molecular complexity index is 478. The average Bonchev–Trinajstić information content (AvgIpc) is 2.69. The monoisotopic (exact) mass is 232 g/mol. The zero-order valence-corrected chi connectivity index (χ0v) is 9.88. The van der Waals surface area contributed by atoms with Crippen LogP contribution in [0.15, 0.2) is 29.8 Å². The van der Waals surface area contributed by atoms with Crippen molar-refractivity contribution in [3.05, 3.63) is 46.8 Å². The molecule has 0 aliphatic heterocycles. The van der Waals surface area contributed by atoms with Gasteiger partial charge in [0, 0.05) is 0 Å². The second-order valence-corrected chi connectivity index (χ2v) is 5.14. The lowest BCUT2D eigenvalue weighted by Crippen LogP contribution is -2.26. The molecule has 3 rings (SSSR count). The smallest absolute Gasteiger partial charge is 0.123 e. The van der Waals surface area contributed by atoms with Crippen LogP contribution in [-0.4, -0.2) is 5.11 Å². The number of fused-ring (bicyclic) bond motifs is 1. The van der Waals surface area contributed by atoms with E-state index in [9.17, 15) is 9.50 Å². The Balaban J connectivity index is 2.04. The number of benzene rings is 1. The number of allylic oxidation sites excluding steroid dienone is 1. The van der Waals surface area contributed by atoms with Crippen molar-refractivity contribution in [2.75, 3.05) is 0 Å². The SMILES string of the molecule is OC1(C2=CCCCC2)CCc2cc(F)ccc21. The van der Waals surface area contributed by atoms with Crippen LogP contribution in [-0.2, 0) is 12.0 Å². The minimum atomic E-state index is -0.816. The van der Waals surface area contributed by atoms with Crippen molar-refractivity contribution >= 4 is 0 Å². The summed E-state index contributed by atoms with van der Waals surface area (Å²) in [5.41, 5.74) is 2.23. The highest BCUT2D eigenvalue weighted by atomic mass is 19.1. The van der Waals surface area contributed by atoms with Crippen LogP contribution in [0.3, 0.4) is 0 Å². The fourth-order valence-corrected chi connectivity index (χ4v) is 3.17. The summed E-state index contributed by atoms with van der Waals surface area (Å²) in [7, 11) is 0. The van der Waals surface area contributed by atoms with Crippen molar-refractivity contribution in [2.24, 2.45) is 0 Å². The van der Waals surface area contributed by atoms with Gasteiger partial charge in [-0.05, 0) is 67.4 Å². The van der Waals surface area contributed by atoms with Crippen LogP contribution < -0.4 is 0 Å². The zero-order valence-electron chi connectivity index (χ0n) is 9.88. The van der Waals surface area contributed by atoms with Gasteiger partial charge in [-0.15, -0.1) is 0 Å². The van der Waals surface area contributed by atoms with Crippen molar-refractivity contribution < 1.29 is 9.50 Å². The summed E-state index contributed by atoms with van der Waals surface area (Å²) in [6, 6.07) is 4.78. The van der Waals surface area contributed by atoms with Crippen molar-refractivity contribution in [3.8, 4) is 0 Å². The Morgan fingerprint density at radius 1 is 1.18 bits per heavy atom. The summed E-state index contributed by atoms with van der Waals surface area (Å²) in [5.74, 6) is -0.203. The van der Waals surface area contributed by atoms with E-state index >= 15 is 0 Å². The lowest BCUT2D eigenvalue weighted by molar-refractivity contribution is 0.0726. The molecule has 0 bridgehead atoms. The first kappa shape index (κ1) is 11.0. The van der Waals surface area contributed by atoms with E-state index in [4.69, 9.17) is 0 Å². The Hall–Kier alpha value is -1.15. The molecule has 0 heterocycles. The van der Waals surface area contributed by atoms with Gasteiger partial charge in [-0.3, -0.25) is 0 Å². The largest absolute Gasteiger partial charge is 0.381 e. The molecule has 1 nitrogen and oxygen atoms in total. The fraction of sp³-hybridized carbons (Fsp3) is 0.467. The molecule has 0 saturated carbocycles. The van der Waals surface area contributed by atoms with Gasteiger partial charge >= 0.3 is 0 Å². The topological polar surface area (TPSA) is 20.2 Å². The van der Waals surface area contributed by atoms with E-state index < -0.39 is 5.60 Å². The summed E-state index contributed by atoms with van der Waals surface area (Å²) < 4.78 is 13.2. The Morgan fingerprint density at radius 2 is 2.06 bits per heavy atom. The van der Waals surface area contributed by atoms with Crippen LogP contribution in [0.4, 0.5) is 4.39 Å². The second kappa shape index (κ2) is 3.95. The lowest BCUT2D eigenvalue weighted by atomic mass is 9.81. The molecule has 2 aliphatic rings. The van der Waals surface area contributed by atoms with Gasteiger partial charge in [0.2, 0.25) is 0 Å². The normalized spacial score (nSPS) is 27.8. The summed E-state index contributed by atoms with van der Waals surface area (Å²) >= 11 is 0. The van der Waals surface area contributed by atoms with Gasteiger partial charge in [-0.1, -0.05) is 12.1 Å². The zero-order chi connectivity index (χ0) is 11.9. The number of halogens is 1. The number of aliphatic hydroxyl groups is 1. The van der Waals surface area contributed by atoms with E-state index in [0.717, 1.165) is 42.4 Å². The lowest BCUT2D eigenvalue weighted by Gasteiger charge is -2.29. The van der Waals surface area contributed by atoms with Crippen LogP contribution in [0.5, 0.6) is 0 Å². The highest BCUT2D eigenvalue weighted by molar-refractivity contribution is 5.44. The van der Waals surface area contributed by atoms with E-state index in [1.165, 1.54) is 12.5 Å². The maximum atomic E-state index is 13.2. The molecule has 17 heavy (non-hydrogen) atoms. The molecule has 0 spiro atoms.